The largest absolute Gasteiger partial charge is 0.486 e. The number of carbonyl (C=O) groups is 1. The van der Waals surface area contributed by atoms with E-state index in [4.69, 9.17) is 9.47 Å². The van der Waals surface area contributed by atoms with Crippen molar-refractivity contribution < 1.29 is 14.3 Å². The molecule has 1 fully saturated rings. The Kier molecular flexibility index (Phi) is 5.09. The van der Waals surface area contributed by atoms with Crippen molar-refractivity contribution in [1.29, 1.82) is 0 Å². The molecule has 1 aromatic carbocycles. The van der Waals surface area contributed by atoms with Gasteiger partial charge in [-0.15, -0.1) is 0 Å². The maximum absolute atomic E-state index is 12.4. The molecular weight excluding hydrogens is 290 g/mol. The summed E-state index contributed by atoms with van der Waals surface area (Å²) in [6.07, 6.45) is 5.21. The molecule has 3 rings (SSSR count). The van der Waals surface area contributed by atoms with Crippen molar-refractivity contribution in [1.82, 2.24) is 5.32 Å². The average Bonchev–Trinajstić information content (AvgIpc) is 3.37. The average molecular weight is 317 g/mol. The Morgan fingerprint density at radius 3 is 2.70 bits per heavy atom. The van der Waals surface area contributed by atoms with Gasteiger partial charge in [0.05, 0.1) is 6.04 Å². The van der Waals surface area contributed by atoms with E-state index in [2.05, 4.69) is 25.2 Å². The van der Waals surface area contributed by atoms with Crippen LogP contribution in [0.25, 0.3) is 0 Å². The molecule has 2 aliphatic rings. The van der Waals surface area contributed by atoms with E-state index < -0.39 is 0 Å². The van der Waals surface area contributed by atoms with Gasteiger partial charge in [0.25, 0.3) is 0 Å². The Hall–Kier alpha value is -1.71. The molecule has 0 aromatic heterocycles. The molecule has 1 N–H and O–H groups in total. The van der Waals surface area contributed by atoms with Gasteiger partial charge >= 0.3 is 0 Å². The van der Waals surface area contributed by atoms with Crippen LogP contribution in [0.5, 0.6) is 11.5 Å². The normalized spacial score (nSPS) is 19.0. The van der Waals surface area contributed by atoms with E-state index in [9.17, 15) is 4.79 Å². The summed E-state index contributed by atoms with van der Waals surface area (Å²) in [6, 6.07) is 6.16. The predicted molar refractivity (Wildman–Crippen MR) is 89.7 cm³/mol. The molecule has 2 unspecified atom stereocenters. The van der Waals surface area contributed by atoms with Crippen LogP contribution in [0.4, 0.5) is 0 Å². The van der Waals surface area contributed by atoms with Crippen molar-refractivity contribution in [3.63, 3.8) is 0 Å². The van der Waals surface area contributed by atoms with Crippen molar-refractivity contribution in [3.8, 4) is 11.5 Å². The van der Waals surface area contributed by atoms with Crippen molar-refractivity contribution >= 4 is 5.91 Å². The van der Waals surface area contributed by atoms with Gasteiger partial charge in [-0.3, -0.25) is 4.79 Å². The van der Waals surface area contributed by atoms with Gasteiger partial charge in [-0.2, -0.15) is 0 Å². The Morgan fingerprint density at radius 1 is 1.26 bits per heavy atom. The first-order valence-electron chi connectivity index (χ1n) is 8.86. The van der Waals surface area contributed by atoms with E-state index in [0.717, 1.165) is 29.9 Å². The highest BCUT2D eigenvalue weighted by atomic mass is 16.6. The zero-order chi connectivity index (χ0) is 16.2. The summed E-state index contributed by atoms with van der Waals surface area (Å²) >= 11 is 0. The first kappa shape index (κ1) is 16.2. The molecule has 126 valence electrons. The fourth-order valence-electron chi connectivity index (χ4n) is 3.30. The topological polar surface area (TPSA) is 47.6 Å². The van der Waals surface area contributed by atoms with Gasteiger partial charge in [0.1, 0.15) is 13.2 Å². The number of amides is 1. The molecule has 2 atom stereocenters. The van der Waals surface area contributed by atoms with E-state index >= 15 is 0 Å². The highest BCUT2D eigenvalue weighted by Crippen LogP contribution is 2.43. The van der Waals surface area contributed by atoms with E-state index in [0.29, 0.717) is 31.5 Å². The SMILES string of the molecule is CCCC(C)CC(=O)NC(c1ccc2c(c1)OCCO2)C1CC1. The lowest BCUT2D eigenvalue weighted by Gasteiger charge is -2.23. The van der Waals surface area contributed by atoms with Gasteiger partial charge in [0.2, 0.25) is 5.91 Å². The summed E-state index contributed by atoms with van der Waals surface area (Å²) in [5.41, 5.74) is 1.13. The third-order valence-corrected chi connectivity index (χ3v) is 4.65. The lowest BCUT2D eigenvalue weighted by atomic mass is 9.99. The summed E-state index contributed by atoms with van der Waals surface area (Å²) in [4.78, 5) is 12.4. The molecule has 1 amide bonds. The summed E-state index contributed by atoms with van der Waals surface area (Å²) in [5.74, 6) is 2.77. The van der Waals surface area contributed by atoms with Gasteiger partial charge in [-0.25, -0.2) is 0 Å². The van der Waals surface area contributed by atoms with Crippen LogP contribution in [0.3, 0.4) is 0 Å². The van der Waals surface area contributed by atoms with Crippen LogP contribution >= 0.6 is 0 Å². The lowest BCUT2D eigenvalue weighted by Crippen LogP contribution is -2.31. The summed E-state index contributed by atoms with van der Waals surface area (Å²) in [6.45, 7) is 5.51. The van der Waals surface area contributed by atoms with Gasteiger partial charge in [0, 0.05) is 6.42 Å². The Balaban J connectivity index is 1.68. The lowest BCUT2D eigenvalue weighted by molar-refractivity contribution is -0.122. The molecule has 1 heterocycles. The smallest absolute Gasteiger partial charge is 0.220 e. The molecule has 23 heavy (non-hydrogen) atoms. The fourth-order valence-corrected chi connectivity index (χ4v) is 3.30. The van der Waals surface area contributed by atoms with E-state index in [1.165, 1.54) is 12.8 Å². The van der Waals surface area contributed by atoms with Crippen molar-refractivity contribution in [2.24, 2.45) is 11.8 Å². The number of nitrogens with one attached hydrogen (secondary N) is 1. The zero-order valence-electron chi connectivity index (χ0n) is 14.1. The van der Waals surface area contributed by atoms with E-state index in [1.807, 2.05) is 12.1 Å². The minimum atomic E-state index is 0.104. The molecular formula is C19H27NO3. The molecule has 1 aromatic rings. The summed E-state index contributed by atoms with van der Waals surface area (Å²) < 4.78 is 11.3. The van der Waals surface area contributed by atoms with Gasteiger partial charge in [0.15, 0.2) is 11.5 Å². The van der Waals surface area contributed by atoms with E-state index in [-0.39, 0.29) is 11.9 Å². The van der Waals surface area contributed by atoms with Crippen molar-refractivity contribution in [2.75, 3.05) is 13.2 Å². The fraction of sp³-hybridized carbons (Fsp3) is 0.632. The van der Waals surface area contributed by atoms with Crippen LogP contribution in [-0.4, -0.2) is 19.1 Å². The second-order valence-electron chi connectivity index (χ2n) is 6.88. The van der Waals surface area contributed by atoms with Gasteiger partial charge in [-0.1, -0.05) is 32.8 Å². The predicted octanol–water partition coefficient (Wildman–Crippen LogP) is 3.85. The van der Waals surface area contributed by atoms with Gasteiger partial charge < -0.3 is 14.8 Å². The first-order valence-corrected chi connectivity index (χ1v) is 8.86. The Morgan fingerprint density at radius 2 is 2.00 bits per heavy atom. The number of carbonyl (C=O) groups excluding carboxylic acids is 1. The molecule has 4 nitrogen and oxygen atoms in total. The van der Waals surface area contributed by atoms with Crippen LogP contribution in [0, 0.1) is 11.8 Å². The molecule has 1 aliphatic heterocycles. The first-order chi connectivity index (χ1) is 11.2. The maximum Gasteiger partial charge on any atom is 0.220 e. The Bertz CT molecular complexity index is 554. The molecule has 0 spiro atoms. The van der Waals surface area contributed by atoms with Crippen LogP contribution < -0.4 is 14.8 Å². The monoisotopic (exact) mass is 317 g/mol. The molecule has 0 saturated heterocycles. The van der Waals surface area contributed by atoms with Crippen LogP contribution in [0.1, 0.15) is 57.6 Å². The van der Waals surface area contributed by atoms with E-state index in [1.54, 1.807) is 0 Å². The second-order valence-corrected chi connectivity index (χ2v) is 6.88. The minimum Gasteiger partial charge on any atom is -0.486 e. The number of fused-ring (bicyclic) bond motifs is 1. The highest BCUT2D eigenvalue weighted by Gasteiger charge is 2.34. The molecule has 4 heteroatoms. The molecule has 0 bridgehead atoms. The molecule has 1 aliphatic carbocycles. The van der Waals surface area contributed by atoms with Gasteiger partial charge in [-0.05, 0) is 42.4 Å². The van der Waals surface area contributed by atoms with Crippen LogP contribution in [-0.2, 0) is 4.79 Å². The molecule has 1 saturated carbocycles. The quantitative estimate of drug-likeness (QED) is 0.831. The van der Waals surface area contributed by atoms with Crippen molar-refractivity contribution in [2.45, 2.75) is 52.0 Å². The number of ether oxygens (including phenoxy) is 2. The molecule has 0 radical (unpaired) electrons. The second kappa shape index (κ2) is 7.24. The number of hydrogen-bond acceptors (Lipinski definition) is 3. The standard InChI is InChI=1S/C19H27NO3/c1-3-4-13(2)11-18(21)20-19(14-5-6-14)15-7-8-16-17(12-15)23-10-9-22-16/h7-8,12-14,19H,3-6,9-11H2,1-2H3,(H,20,21). The zero-order valence-corrected chi connectivity index (χ0v) is 14.1. The third-order valence-electron chi connectivity index (χ3n) is 4.65. The van der Waals surface area contributed by atoms with Crippen molar-refractivity contribution in [3.05, 3.63) is 23.8 Å². The number of benzene rings is 1. The number of hydrogen-bond donors (Lipinski definition) is 1. The number of rotatable bonds is 7. The highest BCUT2D eigenvalue weighted by molar-refractivity contribution is 5.76. The summed E-state index contributed by atoms with van der Waals surface area (Å²) in [7, 11) is 0. The van der Waals surface area contributed by atoms with Crippen LogP contribution in [0.2, 0.25) is 0 Å². The maximum atomic E-state index is 12.4. The Labute approximate surface area is 138 Å². The third kappa shape index (κ3) is 4.18. The van der Waals surface area contributed by atoms with Crippen LogP contribution in [0.15, 0.2) is 18.2 Å². The summed E-state index contributed by atoms with van der Waals surface area (Å²) in [5, 5.41) is 3.26. The minimum absolute atomic E-state index is 0.104.